The second kappa shape index (κ2) is 4.33. The van der Waals surface area contributed by atoms with Crippen LogP contribution in [0.25, 0.3) is 0 Å². The largest absolute Gasteiger partial charge is 0.319 e. The van der Waals surface area contributed by atoms with E-state index in [4.69, 9.17) is 0 Å². The van der Waals surface area contributed by atoms with Crippen LogP contribution >= 0.6 is 0 Å². The zero-order chi connectivity index (χ0) is 11.1. The highest BCUT2D eigenvalue weighted by Crippen LogP contribution is 2.57. The molecule has 1 atom stereocenters. The van der Waals surface area contributed by atoms with Crippen molar-refractivity contribution in [2.24, 2.45) is 35.5 Å². The van der Waals surface area contributed by atoms with Crippen molar-refractivity contribution in [2.75, 3.05) is 13.6 Å². The lowest BCUT2D eigenvalue weighted by Gasteiger charge is -2.55. The Morgan fingerprint density at radius 1 is 1.00 bits per heavy atom. The molecule has 4 aliphatic rings. The summed E-state index contributed by atoms with van der Waals surface area (Å²) in [4.78, 5) is 0. The lowest BCUT2D eigenvalue weighted by Crippen LogP contribution is -2.45. The van der Waals surface area contributed by atoms with Crippen LogP contribution in [0.3, 0.4) is 0 Å². The van der Waals surface area contributed by atoms with E-state index in [1.165, 1.54) is 13.0 Å². The van der Waals surface area contributed by atoms with Gasteiger partial charge in [-0.15, -0.1) is 0 Å². The van der Waals surface area contributed by atoms with Gasteiger partial charge in [0.15, 0.2) is 0 Å². The molecule has 1 nitrogen and oxygen atoms in total. The molecule has 0 heterocycles. The van der Waals surface area contributed by atoms with Crippen LogP contribution in [-0.2, 0) is 0 Å². The van der Waals surface area contributed by atoms with Crippen molar-refractivity contribution in [3.8, 4) is 0 Å². The number of hydrogen-bond donors (Lipinski definition) is 1. The molecule has 0 aromatic carbocycles. The van der Waals surface area contributed by atoms with E-state index in [0.717, 1.165) is 35.5 Å². The van der Waals surface area contributed by atoms with Gasteiger partial charge in [-0.1, -0.05) is 6.92 Å². The molecule has 0 aromatic rings. The number of nitrogens with one attached hydrogen (secondary N) is 1. The van der Waals surface area contributed by atoms with E-state index < -0.39 is 0 Å². The van der Waals surface area contributed by atoms with Gasteiger partial charge >= 0.3 is 0 Å². The first-order chi connectivity index (χ1) is 7.76. The first-order valence-corrected chi connectivity index (χ1v) is 7.40. The topological polar surface area (TPSA) is 12.0 Å². The second-order valence-electron chi connectivity index (χ2n) is 6.99. The van der Waals surface area contributed by atoms with Crippen molar-refractivity contribution >= 4 is 0 Å². The summed E-state index contributed by atoms with van der Waals surface area (Å²) in [6.45, 7) is 3.64. The molecule has 16 heavy (non-hydrogen) atoms. The standard InChI is InChI=1S/C15H27N/c1-10(9-16-2)3-15-13-5-11-4-12(7-13)8-14(15)6-11/h10-16H,3-9H2,1-2H3. The van der Waals surface area contributed by atoms with E-state index in [1.807, 2.05) is 0 Å². The Balaban J connectivity index is 1.63. The lowest BCUT2D eigenvalue weighted by molar-refractivity contribution is -0.0447. The van der Waals surface area contributed by atoms with E-state index >= 15 is 0 Å². The molecule has 4 bridgehead atoms. The maximum Gasteiger partial charge on any atom is -0.00261 e. The number of hydrogen-bond acceptors (Lipinski definition) is 1. The molecule has 0 aliphatic heterocycles. The molecule has 4 rings (SSSR count). The Bertz CT molecular complexity index is 220. The lowest BCUT2D eigenvalue weighted by atomic mass is 9.51. The highest BCUT2D eigenvalue weighted by atomic mass is 14.8. The van der Waals surface area contributed by atoms with Crippen LogP contribution in [0.2, 0.25) is 0 Å². The minimum absolute atomic E-state index is 0.882. The van der Waals surface area contributed by atoms with E-state index in [9.17, 15) is 0 Å². The Hall–Kier alpha value is -0.0400. The van der Waals surface area contributed by atoms with Crippen molar-refractivity contribution in [1.29, 1.82) is 0 Å². The van der Waals surface area contributed by atoms with Crippen LogP contribution in [0.15, 0.2) is 0 Å². The molecule has 0 radical (unpaired) electrons. The summed E-state index contributed by atoms with van der Waals surface area (Å²) in [6, 6.07) is 0. The third-order valence-corrected chi connectivity index (χ3v) is 5.65. The zero-order valence-electron chi connectivity index (χ0n) is 10.9. The highest BCUT2D eigenvalue weighted by molar-refractivity contribution is 4.98. The molecular formula is C15H27N. The zero-order valence-corrected chi connectivity index (χ0v) is 10.9. The molecule has 4 aliphatic carbocycles. The highest BCUT2D eigenvalue weighted by Gasteiger charge is 2.47. The predicted molar refractivity (Wildman–Crippen MR) is 68.2 cm³/mol. The monoisotopic (exact) mass is 221 g/mol. The summed E-state index contributed by atoms with van der Waals surface area (Å²) in [5.74, 6) is 6.49. The third-order valence-electron chi connectivity index (χ3n) is 5.65. The quantitative estimate of drug-likeness (QED) is 0.768. The minimum Gasteiger partial charge on any atom is -0.319 e. The van der Waals surface area contributed by atoms with Gasteiger partial charge in [0, 0.05) is 0 Å². The number of rotatable bonds is 4. The van der Waals surface area contributed by atoms with Crippen molar-refractivity contribution < 1.29 is 0 Å². The molecular weight excluding hydrogens is 194 g/mol. The van der Waals surface area contributed by atoms with Gasteiger partial charge in [0.2, 0.25) is 0 Å². The molecule has 0 aromatic heterocycles. The van der Waals surface area contributed by atoms with E-state index in [2.05, 4.69) is 19.3 Å². The van der Waals surface area contributed by atoms with E-state index in [1.54, 1.807) is 32.1 Å². The van der Waals surface area contributed by atoms with Gasteiger partial charge in [-0.2, -0.15) is 0 Å². The van der Waals surface area contributed by atoms with Crippen LogP contribution in [0, 0.1) is 35.5 Å². The Morgan fingerprint density at radius 3 is 2.06 bits per heavy atom. The molecule has 0 amide bonds. The van der Waals surface area contributed by atoms with Crippen LogP contribution < -0.4 is 5.32 Å². The molecule has 1 N–H and O–H groups in total. The van der Waals surface area contributed by atoms with Crippen LogP contribution in [0.1, 0.15) is 45.4 Å². The average Bonchev–Trinajstić information content (AvgIpc) is 2.23. The fraction of sp³-hybridized carbons (Fsp3) is 1.00. The van der Waals surface area contributed by atoms with Crippen LogP contribution in [0.4, 0.5) is 0 Å². The normalized spacial score (nSPS) is 47.2. The van der Waals surface area contributed by atoms with Gasteiger partial charge in [0.05, 0.1) is 0 Å². The van der Waals surface area contributed by atoms with Crippen LogP contribution in [0.5, 0.6) is 0 Å². The first kappa shape index (κ1) is 11.1. The fourth-order valence-corrected chi connectivity index (χ4v) is 5.32. The molecule has 0 saturated heterocycles. The summed E-state index contributed by atoms with van der Waals surface area (Å²) in [5.41, 5.74) is 0. The third kappa shape index (κ3) is 1.92. The molecule has 4 fully saturated rings. The second-order valence-corrected chi connectivity index (χ2v) is 6.99. The molecule has 0 spiro atoms. The summed E-state index contributed by atoms with van der Waals surface area (Å²) >= 11 is 0. The van der Waals surface area contributed by atoms with Gasteiger partial charge < -0.3 is 5.32 Å². The van der Waals surface area contributed by atoms with E-state index in [-0.39, 0.29) is 0 Å². The van der Waals surface area contributed by atoms with Crippen molar-refractivity contribution in [3.63, 3.8) is 0 Å². The van der Waals surface area contributed by atoms with Crippen molar-refractivity contribution in [2.45, 2.75) is 45.4 Å². The Morgan fingerprint density at radius 2 is 1.56 bits per heavy atom. The minimum atomic E-state index is 0.882. The van der Waals surface area contributed by atoms with Gasteiger partial charge in [-0.05, 0) is 87.6 Å². The van der Waals surface area contributed by atoms with E-state index in [0.29, 0.717) is 0 Å². The molecule has 4 saturated carbocycles. The maximum atomic E-state index is 3.34. The SMILES string of the molecule is CNCC(C)CC1C2CC3CC(C2)CC1C3. The van der Waals surface area contributed by atoms with Gasteiger partial charge in [-0.25, -0.2) is 0 Å². The molecule has 1 heteroatoms. The molecule has 92 valence electrons. The summed E-state index contributed by atoms with van der Waals surface area (Å²) in [5, 5.41) is 3.34. The Labute approximate surface area is 100 Å². The van der Waals surface area contributed by atoms with Crippen LogP contribution in [-0.4, -0.2) is 13.6 Å². The average molecular weight is 221 g/mol. The summed E-state index contributed by atoms with van der Waals surface area (Å²) < 4.78 is 0. The fourth-order valence-electron chi connectivity index (χ4n) is 5.32. The van der Waals surface area contributed by atoms with Gasteiger partial charge in [0.25, 0.3) is 0 Å². The summed E-state index contributed by atoms with van der Waals surface area (Å²) in [6.07, 6.45) is 9.43. The molecule has 1 unspecified atom stereocenters. The van der Waals surface area contributed by atoms with Crippen molar-refractivity contribution in [3.05, 3.63) is 0 Å². The van der Waals surface area contributed by atoms with Crippen molar-refractivity contribution in [1.82, 2.24) is 5.32 Å². The smallest absolute Gasteiger partial charge is 0.00261 e. The Kier molecular flexibility index (Phi) is 2.99. The van der Waals surface area contributed by atoms with Gasteiger partial charge in [-0.3, -0.25) is 0 Å². The summed E-state index contributed by atoms with van der Waals surface area (Å²) in [7, 11) is 2.09. The first-order valence-electron chi connectivity index (χ1n) is 7.40. The van der Waals surface area contributed by atoms with Gasteiger partial charge in [0.1, 0.15) is 0 Å². The maximum absolute atomic E-state index is 3.34. The predicted octanol–water partition coefficient (Wildman–Crippen LogP) is 3.30.